The van der Waals surface area contributed by atoms with Crippen LogP contribution >= 0.6 is 0 Å². The van der Waals surface area contributed by atoms with Gasteiger partial charge in [-0.2, -0.15) is 0 Å². The molecule has 2 aromatic carbocycles. The molecule has 2 rings (SSSR count). The first kappa shape index (κ1) is 16.5. The zero-order valence-electron chi connectivity index (χ0n) is 13.3. The normalized spacial score (nSPS) is 10.0. The molecule has 0 atom stereocenters. The van der Waals surface area contributed by atoms with E-state index in [-0.39, 0.29) is 11.9 Å². The van der Waals surface area contributed by atoms with Gasteiger partial charge in [0.2, 0.25) is 5.91 Å². The topological polar surface area (TPSA) is 70.2 Å². The Bertz CT molecular complexity index is 664. The van der Waals surface area contributed by atoms with Crippen molar-refractivity contribution < 1.29 is 9.59 Å². The number of carbonyl (C=O) groups is 2. The number of carbonyl (C=O) groups excluding carboxylic acids is 2. The highest BCUT2D eigenvalue weighted by atomic mass is 16.2. The van der Waals surface area contributed by atoms with Gasteiger partial charge in [0.25, 0.3) is 0 Å². The van der Waals surface area contributed by atoms with E-state index < -0.39 is 0 Å². The van der Waals surface area contributed by atoms with Crippen LogP contribution in [0.25, 0.3) is 0 Å². The molecular weight excluding hydrogens is 290 g/mol. The van der Waals surface area contributed by atoms with Crippen LogP contribution in [0.1, 0.15) is 18.1 Å². The molecular formula is C18H21N3O2. The van der Waals surface area contributed by atoms with Gasteiger partial charge < -0.3 is 16.0 Å². The number of urea groups is 1. The number of anilines is 2. The van der Waals surface area contributed by atoms with Gasteiger partial charge in [0.1, 0.15) is 0 Å². The first-order chi connectivity index (χ1) is 11.0. The van der Waals surface area contributed by atoms with E-state index in [4.69, 9.17) is 0 Å². The first-order valence-corrected chi connectivity index (χ1v) is 7.51. The highest BCUT2D eigenvalue weighted by molar-refractivity contribution is 5.91. The van der Waals surface area contributed by atoms with Crippen molar-refractivity contribution in [3.8, 4) is 0 Å². The fraction of sp³-hybridized carbons (Fsp3) is 0.222. The van der Waals surface area contributed by atoms with Crippen molar-refractivity contribution in [3.63, 3.8) is 0 Å². The third-order valence-electron chi connectivity index (χ3n) is 3.28. The van der Waals surface area contributed by atoms with Crippen LogP contribution in [0.4, 0.5) is 16.2 Å². The van der Waals surface area contributed by atoms with Crippen LogP contribution in [-0.4, -0.2) is 18.5 Å². The van der Waals surface area contributed by atoms with Gasteiger partial charge in [0.05, 0.1) is 0 Å². The number of benzene rings is 2. The lowest BCUT2D eigenvalue weighted by Gasteiger charge is -2.09. The molecule has 0 radical (unpaired) electrons. The van der Waals surface area contributed by atoms with E-state index in [0.717, 1.165) is 6.42 Å². The van der Waals surface area contributed by atoms with Gasteiger partial charge in [0.15, 0.2) is 0 Å². The Labute approximate surface area is 136 Å². The molecule has 5 heteroatoms. The number of hydrogen-bond donors (Lipinski definition) is 3. The third kappa shape index (κ3) is 5.82. The molecule has 0 bridgehead atoms. The van der Waals surface area contributed by atoms with E-state index in [2.05, 4.69) is 40.2 Å². The van der Waals surface area contributed by atoms with Crippen molar-refractivity contribution in [2.24, 2.45) is 0 Å². The van der Waals surface area contributed by atoms with Gasteiger partial charge in [-0.3, -0.25) is 4.79 Å². The van der Waals surface area contributed by atoms with Crippen molar-refractivity contribution in [2.75, 3.05) is 17.2 Å². The van der Waals surface area contributed by atoms with Gasteiger partial charge >= 0.3 is 6.03 Å². The number of aryl methyl sites for hydroxylation is 1. The molecule has 0 unspecified atom stereocenters. The van der Waals surface area contributed by atoms with Crippen LogP contribution in [-0.2, 0) is 11.2 Å². The Morgan fingerprint density at radius 3 is 2.00 bits per heavy atom. The molecule has 23 heavy (non-hydrogen) atoms. The van der Waals surface area contributed by atoms with Crippen molar-refractivity contribution >= 4 is 23.3 Å². The molecule has 0 saturated carbocycles. The predicted octanol–water partition coefficient (Wildman–Crippen LogP) is 3.32. The SMILES string of the molecule is CC(=O)Nc1ccc(NC(=O)NCCc2ccc(C)cc2)cc1. The summed E-state index contributed by atoms with van der Waals surface area (Å²) in [5.74, 6) is -0.125. The minimum atomic E-state index is -0.246. The van der Waals surface area contributed by atoms with Crippen molar-refractivity contribution in [1.82, 2.24) is 5.32 Å². The second kappa shape index (κ2) is 7.98. The number of nitrogens with one attached hydrogen (secondary N) is 3. The lowest BCUT2D eigenvalue weighted by molar-refractivity contribution is -0.114. The number of amides is 3. The summed E-state index contributed by atoms with van der Waals surface area (Å²) >= 11 is 0. The van der Waals surface area contributed by atoms with Gasteiger partial charge in [-0.05, 0) is 43.2 Å². The molecule has 0 aliphatic heterocycles. The van der Waals surface area contributed by atoms with E-state index in [9.17, 15) is 9.59 Å². The second-order valence-corrected chi connectivity index (χ2v) is 5.38. The fourth-order valence-corrected chi connectivity index (χ4v) is 2.09. The zero-order chi connectivity index (χ0) is 16.7. The van der Waals surface area contributed by atoms with Crippen LogP contribution in [0.5, 0.6) is 0 Å². The summed E-state index contributed by atoms with van der Waals surface area (Å²) in [7, 11) is 0. The maximum atomic E-state index is 11.8. The third-order valence-corrected chi connectivity index (χ3v) is 3.28. The summed E-state index contributed by atoms with van der Waals surface area (Å²) in [4.78, 5) is 22.8. The predicted molar refractivity (Wildman–Crippen MR) is 92.7 cm³/mol. The molecule has 120 valence electrons. The molecule has 0 aliphatic carbocycles. The van der Waals surface area contributed by atoms with Gasteiger partial charge in [-0.15, -0.1) is 0 Å². The molecule has 0 aromatic heterocycles. The Balaban J connectivity index is 1.76. The lowest BCUT2D eigenvalue weighted by Crippen LogP contribution is -2.30. The summed E-state index contributed by atoms with van der Waals surface area (Å²) < 4.78 is 0. The fourth-order valence-electron chi connectivity index (χ4n) is 2.09. The van der Waals surface area contributed by atoms with Crippen LogP contribution in [0, 0.1) is 6.92 Å². The van der Waals surface area contributed by atoms with Gasteiger partial charge in [-0.1, -0.05) is 29.8 Å². The van der Waals surface area contributed by atoms with Crippen molar-refractivity contribution in [1.29, 1.82) is 0 Å². The first-order valence-electron chi connectivity index (χ1n) is 7.51. The van der Waals surface area contributed by atoms with Gasteiger partial charge in [0, 0.05) is 24.8 Å². The lowest BCUT2D eigenvalue weighted by atomic mass is 10.1. The molecule has 0 aliphatic rings. The van der Waals surface area contributed by atoms with E-state index in [1.807, 2.05) is 6.92 Å². The van der Waals surface area contributed by atoms with Crippen LogP contribution in [0.3, 0.4) is 0 Å². The smallest absolute Gasteiger partial charge is 0.319 e. The Kier molecular flexibility index (Phi) is 5.74. The highest BCUT2D eigenvalue weighted by Crippen LogP contribution is 2.13. The van der Waals surface area contributed by atoms with Crippen LogP contribution in [0.15, 0.2) is 48.5 Å². The average molecular weight is 311 g/mol. The highest BCUT2D eigenvalue weighted by Gasteiger charge is 2.02. The van der Waals surface area contributed by atoms with E-state index >= 15 is 0 Å². The summed E-state index contributed by atoms with van der Waals surface area (Å²) in [5.41, 5.74) is 3.78. The largest absolute Gasteiger partial charge is 0.338 e. The molecule has 0 spiro atoms. The molecule has 0 heterocycles. The minimum absolute atomic E-state index is 0.125. The Hall–Kier alpha value is -2.82. The number of hydrogen-bond acceptors (Lipinski definition) is 2. The quantitative estimate of drug-likeness (QED) is 0.793. The molecule has 3 amide bonds. The van der Waals surface area contributed by atoms with Crippen LogP contribution < -0.4 is 16.0 Å². The molecule has 0 saturated heterocycles. The Morgan fingerprint density at radius 2 is 1.43 bits per heavy atom. The average Bonchev–Trinajstić information content (AvgIpc) is 2.51. The van der Waals surface area contributed by atoms with Crippen molar-refractivity contribution in [2.45, 2.75) is 20.3 Å². The summed E-state index contributed by atoms with van der Waals surface area (Å²) in [6, 6.07) is 15.0. The molecule has 3 N–H and O–H groups in total. The second-order valence-electron chi connectivity index (χ2n) is 5.38. The van der Waals surface area contributed by atoms with E-state index in [1.54, 1.807) is 24.3 Å². The van der Waals surface area contributed by atoms with Gasteiger partial charge in [-0.25, -0.2) is 4.79 Å². The summed E-state index contributed by atoms with van der Waals surface area (Å²) in [5, 5.41) is 8.25. The summed E-state index contributed by atoms with van der Waals surface area (Å²) in [6.45, 7) is 4.07. The zero-order valence-corrected chi connectivity index (χ0v) is 13.3. The van der Waals surface area contributed by atoms with Crippen molar-refractivity contribution in [3.05, 3.63) is 59.7 Å². The standard InChI is InChI=1S/C18H21N3O2/c1-13-3-5-15(6-4-13)11-12-19-18(23)21-17-9-7-16(8-10-17)20-14(2)22/h3-10H,11-12H2,1-2H3,(H,20,22)(H2,19,21,23). The number of rotatable bonds is 5. The minimum Gasteiger partial charge on any atom is -0.338 e. The molecule has 5 nitrogen and oxygen atoms in total. The monoisotopic (exact) mass is 311 g/mol. The molecule has 0 fully saturated rings. The molecule has 2 aromatic rings. The Morgan fingerprint density at radius 1 is 0.870 bits per heavy atom. The maximum absolute atomic E-state index is 11.8. The van der Waals surface area contributed by atoms with E-state index in [0.29, 0.717) is 17.9 Å². The maximum Gasteiger partial charge on any atom is 0.319 e. The van der Waals surface area contributed by atoms with Crippen LogP contribution in [0.2, 0.25) is 0 Å². The van der Waals surface area contributed by atoms with E-state index in [1.165, 1.54) is 18.1 Å². The summed E-state index contributed by atoms with van der Waals surface area (Å²) in [6.07, 6.45) is 0.787.